The van der Waals surface area contributed by atoms with Crippen LogP contribution in [0.5, 0.6) is 0 Å². The Bertz CT molecular complexity index is 917. The summed E-state index contributed by atoms with van der Waals surface area (Å²) in [6.45, 7) is 2.33. The molecular weight excluding hydrogens is 352 g/mol. The number of thiophene rings is 2. The molecule has 0 spiro atoms. The standard InChI is InChI=1S/C14H16N4O2S3/c1-9-17-13(16-5-3-7-23(15,19)20)12-10(8-22-14(12)18-9)11-4-2-6-21-11/h2,4,6,8H,3,5,7H2,1H3,(H2,15,19,20)(H,16,17,18). The Hall–Kier alpha value is -1.55. The fourth-order valence-electron chi connectivity index (χ4n) is 2.27. The number of fused-ring (bicyclic) bond motifs is 1. The predicted molar refractivity (Wildman–Crippen MR) is 96.5 cm³/mol. The Morgan fingerprint density at radius 3 is 2.83 bits per heavy atom. The zero-order chi connectivity index (χ0) is 16.4. The third-order valence-corrected chi connectivity index (χ3v) is 5.86. The van der Waals surface area contributed by atoms with Gasteiger partial charge < -0.3 is 5.32 Å². The number of aromatic nitrogens is 2. The first-order valence-corrected chi connectivity index (χ1v) is 10.5. The number of nitrogens with zero attached hydrogens (tertiary/aromatic N) is 2. The zero-order valence-electron chi connectivity index (χ0n) is 12.4. The Labute approximate surface area is 142 Å². The summed E-state index contributed by atoms with van der Waals surface area (Å²) >= 11 is 3.25. The van der Waals surface area contributed by atoms with Crippen molar-refractivity contribution < 1.29 is 8.42 Å². The van der Waals surface area contributed by atoms with Crippen molar-refractivity contribution in [2.24, 2.45) is 5.14 Å². The molecule has 0 radical (unpaired) electrons. The van der Waals surface area contributed by atoms with Crippen LogP contribution in [0, 0.1) is 6.92 Å². The molecule has 0 saturated carbocycles. The molecule has 0 aromatic carbocycles. The monoisotopic (exact) mass is 368 g/mol. The minimum absolute atomic E-state index is 0.0470. The van der Waals surface area contributed by atoms with Crippen LogP contribution in [0.25, 0.3) is 20.7 Å². The Balaban J connectivity index is 1.91. The molecule has 3 aromatic rings. The van der Waals surface area contributed by atoms with Crippen LogP contribution >= 0.6 is 22.7 Å². The average Bonchev–Trinajstić information content (AvgIpc) is 3.10. The normalized spacial score (nSPS) is 11.9. The van der Waals surface area contributed by atoms with Crippen molar-refractivity contribution >= 4 is 48.7 Å². The Kier molecular flexibility index (Phi) is 4.62. The molecule has 0 bridgehead atoms. The molecule has 0 saturated heterocycles. The van der Waals surface area contributed by atoms with Gasteiger partial charge in [0.1, 0.15) is 16.5 Å². The maximum absolute atomic E-state index is 11.0. The number of aryl methyl sites for hydroxylation is 1. The van der Waals surface area contributed by atoms with Gasteiger partial charge in [0.2, 0.25) is 10.0 Å². The first-order chi connectivity index (χ1) is 10.9. The van der Waals surface area contributed by atoms with Crippen molar-refractivity contribution in [2.45, 2.75) is 13.3 Å². The maximum Gasteiger partial charge on any atom is 0.209 e. The highest BCUT2D eigenvalue weighted by atomic mass is 32.2. The Morgan fingerprint density at radius 1 is 1.30 bits per heavy atom. The molecule has 122 valence electrons. The highest BCUT2D eigenvalue weighted by Gasteiger charge is 2.15. The smallest absolute Gasteiger partial charge is 0.209 e. The van der Waals surface area contributed by atoms with E-state index in [0.29, 0.717) is 18.8 Å². The number of nitrogens with two attached hydrogens (primary N) is 1. The molecule has 0 amide bonds. The van der Waals surface area contributed by atoms with Crippen molar-refractivity contribution in [3.8, 4) is 10.4 Å². The molecule has 23 heavy (non-hydrogen) atoms. The molecule has 0 unspecified atom stereocenters. The second-order valence-electron chi connectivity index (χ2n) is 5.07. The van der Waals surface area contributed by atoms with Crippen molar-refractivity contribution in [3.63, 3.8) is 0 Å². The fraction of sp³-hybridized carbons (Fsp3) is 0.286. The minimum atomic E-state index is -3.43. The number of hydrogen-bond acceptors (Lipinski definition) is 7. The largest absolute Gasteiger partial charge is 0.369 e. The van der Waals surface area contributed by atoms with Crippen molar-refractivity contribution in [3.05, 3.63) is 28.7 Å². The molecule has 0 aliphatic carbocycles. The first kappa shape index (κ1) is 16.3. The lowest BCUT2D eigenvalue weighted by Gasteiger charge is -2.08. The molecule has 3 aromatic heterocycles. The van der Waals surface area contributed by atoms with Crippen LogP contribution in [-0.2, 0) is 10.0 Å². The molecule has 0 atom stereocenters. The molecule has 6 nitrogen and oxygen atoms in total. The van der Waals surface area contributed by atoms with Crippen LogP contribution in [0.15, 0.2) is 22.9 Å². The van der Waals surface area contributed by atoms with E-state index in [1.54, 1.807) is 22.7 Å². The molecule has 0 aliphatic rings. The van der Waals surface area contributed by atoms with Crippen molar-refractivity contribution in [1.82, 2.24) is 9.97 Å². The summed E-state index contributed by atoms with van der Waals surface area (Å²) in [5, 5.41) is 13.4. The van der Waals surface area contributed by atoms with Gasteiger partial charge >= 0.3 is 0 Å². The second kappa shape index (κ2) is 6.52. The van der Waals surface area contributed by atoms with Gasteiger partial charge in [-0.05, 0) is 24.8 Å². The van der Waals surface area contributed by atoms with E-state index >= 15 is 0 Å². The summed E-state index contributed by atoms with van der Waals surface area (Å²) in [7, 11) is -3.43. The first-order valence-electron chi connectivity index (χ1n) is 6.98. The fourth-order valence-corrected chi connectivity index (χ4v) is 4.62. The maximum atomic E-state index is 11.0. The van der Waals surface area contributed by atoms with Gasteiger partial charge in [0, 0.05) is 22.4 Å². The quantitative estimate of drug-likeness (QED) is 0.652. The average molecular weight is 369 g/mol. The van der Waals surface area contributed by atoms with E-state index in [2.05, 4.69) is 26.7 Å². The van der Waals surface area contributed by atoms with Gasteiger partial charge in [-0.15, -0.1) is 22.7 Å². The molecule has 0 fully saturated rings. The number of nitrogens with one attached hydrogen (secondary N) is 1. The molecule has 9 heteroatoms. The number of rotatable bonds is 6. The summed E-state index contributed by atoms with van der Waals surface area (Å²) in [5.74, 6) is 1.38. The van der Waals surface area contributed by atoms with E-state index < -0.39 is 10.0 Å². The van der Waals surface area contributed by atoms with Crippen LogP contribution in [0.3, 0.4) is 0 Å². The molecule has 0 aliphatic heterocycles. The summed E-state index contributed by atoms with van der Waals surface area (Å²) in [6.07, 6.45) is 0.432. The summed E-state index contributed by atoms with van der Waals surface area (Å²) in [6, 6.07) is 4.08. The van der Waals surface area contributed by atoms with E-state index in [1.807, 2.05) is 18.4 Å². The van der Waals surface area contributed by atoms with Gasteiger partial charge in [-0.2, -0.15) is 0 Å². The molecular formula is C14H16N4O2S3. The molecule has 3 heterocycles. The third-order valence-electron chi connectivity index (χ3n) is 3.23. The van der Waals surface area contributed by atoms with E-state index in [0.717, 1.165) is 26.5 Å². The highest BCUT2D eigenvalue weighted by Crippen LogP contribution is 2.38. The van der Waals surface area contributed by atoms with Crippen LogP contribution in [-0.4, -0.2) is 30.7 Å². The number of hydrogen-bond donors (Lipinski definition) is 2. The van der Waals surface area contributed by atoms with E-state index in [1.165, 1.54) is 0 Å². The second-order valence-corrected chi connectivity index (χ2v) is 8.61. The lowest BCUT2D eigenvalue weighted by atomic mass is 10.2. The van der Waals surface area contributed by atoms with E-state index in [9.17, 15) is 8.42 Å². The summed E-state index contributed by atoms with van der Waals surface area (Å²) in [4.78, 5) is 11.1. The van der Waals surface area contributed by atoms with E-state index in [-0.39, 0.29) is 5.75 Å². The van der Waals surface area contributed by atoms with Gasteiger partial charge in [-0.1, -0.05) is 6.07 Å². The summed E-state index contributed by atoms with van der Waals surface area (Å²) in [5.41, 5.74) is 1.11. The van der Waals surface area contributed by atoms with Crippen molar-refractivity contribution in [1.29, 1.82) is 0 Å². The third kappa shape index (κ3) is 3.86. The van der Waals surface area contributed by atoms with E-state index in [4.69, 9.17) is 5.14 Å². The number of sulfonamides is 1. The number of primary sulfonamides is 1. The molecule has 3 N–H and O–H groups in total. The molecule has 3 rings (SSSR count). The van der Waals surface area contributed by atoms with Crippen LogP contribution in [0.1, 0.15) is 12.2 Å². The van der Waals surface area contributed by atoms with Crippen LogP contribution in [0.4, 0.5) is 5.82 Å². The predicted octanol–water partition coefficient (Wildman–Crippen LogP) is 2.82. The van der Waals surface area contributed by atoms with Crippen LogP contribution < -0.4 is 10.5 Å². The van der Waals surface area contributed by atoms with Gasteiger partial charge in [-0.3, -0.25) is 0 Å². The number of anilines is 1. The summed E-state index contributed by atoms with van der Waals surface area (Å²) < 4.78 is 22.0. The van der Waals surface area contributed by atoms with Gasteiger partial charge in [0.25, 0.3) is 0 Å². The minimum Gasteiger partial charge on any atom is -0.369 e. The highest BCUT2D eigenvalue weighted by molar-refractivity contribution is 7.89. The van der Waals surface area contributed by atoms with Gasteiger partial charge in [-0.25, -0.2) is 23.5 Å². The lowest BCUT2D eigenvalue weighted by molar-refractivity contribution is 0.595. The van der Waals surface area contributed by atoms with Crippen molar-refractivity contribution in [2.75, 3.05) is 17.6 Å². The topological polar surface area (TPSA) is 98.0 Å². The Morgan fingerprint density at radius 2 is 2.13 bits per heavy atom. The van der Waals surface area contributed by atoms with Gasteiger partial charge in [0.15, 0.2) is 0 Å². The van der Waals surface area contributed by atoms with Crippen LogP contribution in [0.2, 0.25) is 0 Å². The van der Waals surface area contributed by atoms with Gasteiger partial charge in [0.05, 0.1) is 11.1 Å². The SMILES string of the molecule is Cc1nc(NCCCS(N)(=O)=O)c2c(-c3cccs3)csc2n1. The lowest BCUT2D eigenvalue weighted by Crippen LogP contribution is -2.19. The zero-order valence-corrected chi connectivity index (χ0v) is 14.9.